The second-order valence-corrected chi connectivity index (χ2v) is 7.83. The van der Waals surface area contributed by atoms with Crippen molar-refractivity contribution in [1.29, 1.82) is 0 Å². The number of benzene rings is 1. The van der Waals surface area contributed by atoms with E-state index in [2.05, 4.69) is 41.6 Å². The Labute approximate surface area is 182 Å². The Bertz CT molecular complexity index is 1080. The summed E-state index contributed by atoms with van der Waals surface area (Å²) in [4.78, 5) is 22.0. The van der Waals surface area contributed by atoms with Gasteiger partial charge in [-0.25, -0.2) is 9.67 Å². The van der Waals surface area contributed by atoms with E-state index in [1.807, 2.05) is 37.3 Å². The fourth-order valence-electron chi connectivity index (χ4n) is 3.41. The van der Waals surface area contributed by atoms with Crippen molar-refractivity contribution >= 4 is 33.6 Å². The SMILES string of the molecule is CC1=C(C(=O)Nc2ccccn2)C(c2ccc(Br)cc2)n2nc(CCCO)nc2N1. The van der Waals surface area contributed by atoms with E-state index in [-0.39, 0.29) is 12.5 Å². The Morgan fingerprint density at radius 3 is 2.77 bits per heavy atom. The third kappa shape index (κ3) is 4.12. The Morgan fingerprint density at radius 1 is 1.27 bits per heavy atom. The van der Waals surface area contributed by atoms with E-state index in [0.717, 1.165) is 10.0 Å². The van der Waals surface area contributed by atoms with Gasteiger partial charge in [0, 0.05) is 29.4 Å². The Hall–Kier alpha value is -3.04. The highest BCUT2D eigenvalue weighted by Gasteiger charge is 2.34. The molecule has 0 saturated carbocycles. The molecule has 0 bridgehead atoms. The zero-order valence-electron chi connectivity index (χ0n) is 16.3. The lowest BCUT2D eigenvalue weighted by molar-refractivity contribution is -0.113. The molecule has 1 unspecified atom stereocenters. The van der Waals surface area contributed by atoms with Gasteiger partial charge < -0.3 is 15.7 Å². The quantitative estimate of drug-likeness (QED) is 0.512. The summed E-state index contributed by atoms with van der Waals surface area (Å²) in [6.07, 6.45) is 2.76. The first-order valence-corrected chi connectivity index (χ1v) is 10.4. The normalized spacial score (nSPS) is 15.5. The molecule has 2 aromatic heterocycles. The molecule has 0 radical (unpaired) electrons. The zero-order valence-corrected chi connectivity index (χ0v) is 17.9. The van der Waals surface area contributed by atoms with Gasteiger partial charge in [0.2, 0.25) is 5.95 Å². The van der Waals surface area contributed by atoms with Crippen LogP contribution < -0.4 is 10.6 Å². The van der Waals surface area contributed by atoms with Gasteiger partial charge in [0.05, 0.1) is 5.57 Å². The third-order valence-corrected chi connectivity index (χ3v) is 5.32. The summed E-state index contributed by atoms with van der Waals surface area (Å²) in [6, 6.07) is 12.7. The number of carbonyl (C=O) groups excluding carboxylic acids is 1. The number of amides is 1. The average molecular weight is 469 g/mol. The number of rotatable bonds is 6. The molecule has 0 fully saturated rings. The number of nitrogens with one attached hydrogen (secondary N) is 2. The molecule has 0 aliphatic carbocycles. The number of aryl methyl sites for hydroxylation is 1. The van der Waals surface area contributed by atoms with Crippen molar-refractivity contribution in [2.24, 2.45) is 0 Å². The van der Waals surface area contributed by atoms with Crippen LogP contribution in [-0.4, -0.2) is 37.4 Å². The highest BCUT2D eigenvalue weighted by Crippen LogP contribution is 2.36. The molecule has 9 heteroatoms. The maximum atomic E-state index is 13.3. The standard InChI is InChI=1S/C21H21BrN6O2/c1-13-18(20(30)25-16-5-2-3-11-23-16)19(14-7-9-15(22)10-8-14)28-21(24-13)26-17(27-28)6-4-12-29/h2-3,5,7-11,19,29H,4,6,12H2,1H3,(H,23,25,30)(H,24,26,27). The number of hydrogen-bond acceptors (Lipinski definition) is 6. The second kappa shape index (κ2) is 8.76. The maximum absolute atomic E-state index is 13.3. The molecule has 154 valence electrons. The largest absolute Gasteiger partial charge is 0.396 e. The molecular formula is C21H21BrN6O2. The van der Waals surface area contributed by atoms with E-state index in [4.69, 9.17) is 5.11 Å². The van der Waals surface area contributed by atoms with E-state index in [0.29, 0.717) is 41.7 Å². The smallest absolute Gasteiger partial charge is 0.257 e. The first-order valence-electron chi connectivity index (χ1n) is 9.58. The van der Waals surface area contributed by atoms with Crippen LogP contribution in [0.2, 0.25) is 0 Å². The molecular weight excluding hydrogens is 448 g/mol. The lowest BCUT2D eigenvalue weighted by Gasteiger charge is -2.28. The van der Waals surface area contributed by atoms with Crippen molar-refractivity contribution in [3.8, 4) is 0 Å². The van der Waals surface area contributed by atoms with Crippen LogP contribution in [0, 0.1) is 0 Å². The number of aromatic nitrogens is 4. The van der Waals surface area contributed by atoms with E-state index in [9.17, 15) is 4.79 Å². The number of aliphatic hydroxyl groups excluding tert-OH is 1. The van der Waals surface area contributed by atoms with E-state index >= 15 is 0 Å². The van der Waals surface area contributed by atoms with Crippen LogP contribution in [0.15, 0.2) is 64.4 Å². The Morgan fingerprint density at radius 2 is 2.07 bits per heavy atom. The fourth-order valence-corrected chi connectivity index (χ4v) is 3.67. The van der Waals surface area contributed by atoms with Crippen LogP contribution in [0.3, 0.4) is 0 Å². The first-order chi connectivity index (χ1) is 14.6. The van der Waals surface area contributed by atoms with E-state index in [1.165, 1.54) is 0 Å². The van der Waals surface area contributed by atoms with Gasteiger partial charge in [-0.3, -0.25) is 4.79 Å². The molecule has 0 spiro atoms. The fraction of sp³-hybridized carbons (Fsp3) is 0.238. The van der Waals surface area contributed by atoms with Gasteiger partial charge in [-0.2, -0.15) is 10.1 Å². The summed E-state index contributed by atoms with van der Waals surface area (Å²) in [5.74, 6) is 1.41. The van der Waals surface area contributed by atoms with Gasteiger partial charge in [-0.05, 0) is 43.2 Å². The predicted octanol–water partition coefficient (Wildman–Crippen LogP) is 3.29. The summed E-state index contributed by atoms with van der Waals surface area (Å²) in [6.45, 7) is 1.92. The third-order valence-electron chi connectivity index (χ3n) is 4.79. The minimum atomic E-state index is -0.451. The molecule has 1 amide bonds. The van der Waals surface area contributed by atoms with Gasteiger partial charge in [0.25, 0.3) is 5.91 Å². The molecule has 1 aromatic carbocycles. The lowest BCUT2D eigenvalue weighted by Crippen LogP contribution is -2.31. The van der Waals surface area contributed by atoms with E-state index in [1.54, 1.807) is 23.0 Å². The number of aliphatic hydroxyl groups is 1. The van der Waals surface area contributed by atoms with Crippen LogP contribution in [0.4, 0.5) is 11.8 Å². The summed E-state index contributed by atoms with van der Waals surface area (Å²) in [5.41, 5.74) is 2.14. The monoisotopic (exact) mass is 468 g/mol. The molecule has 1 aliphatic heterocycles. The predicted molar refractivity (Wildman–Crippen MR) is 117 cm³/mol. The molecule has 3 aromatic rings. The zero-order chi connectivity index (χ0) is 21.1. The number of allylic oxidation sites excluding steroid dienone is 1. The van der Waals surface area contributed by atoms with Crippen molar-refractivity contribution in [3.05, 3.63) is 75.8 Å². The highest BCUT2D eigenvalue weighted by atomic mass is 79.9. The van der Waals surface area contributed by atoms with Gasteiger partial charge >= 0.3 is 0 Å². The minimum absolute atomic E-state index is 0.0719. The number of pyridine rings is 1. The number of anilines is 2. The van der Waals surface area contributed by atoms with Crippen molar-refractivity contribution in [3.63, 3.8) is 0 Å². The van der Waals surface area contributed by atoms with Crippen molar-refractivity contribution in [2.75, 3.05) is 17.2 Å². The highest BCUT2D eigenvalue weighted by molar-refractivity contribution is 9.10. The van der Waals surface area contributed by atoms with Crippen LogP contribution in [-0.2, 0) is 11.2 Å². The minimum Gasteiger partial charge on any atom is -0.396 e. The molecule has 0 saturated heterocycles. The number of halogens is 1. The molecule has 3 heterocycles. The first kappa shape index (κ1) is 20.2. The Kier molecular flexibility index (Phi) is 5.91. The Balaban J connectivity index is 1.75. The van der Waals surface area contributed by atoms with Gasteiger partial charge in [-0.1, -0.05) is 34.1 Å². The second-order valence-electron chi connectivity index (χ2n) is 6.91. The van der Waals surface area contributed by atoms with Crippen LogP contribution in [0.5, 0.6) is 0 Å². The molecule has 30 heavy (non-hydrogen) atoms. The van der Waals surface area contributed by atoms with Gasteiger partial charge in [0.15, 0.2) is 5.82 Å². The molecule has 8 nitrogen and oxygen atoms in total. The molecule has 1 atom stereocenters. The molecule has 1 aliphatic rings. The maximum Gasteiger partial charge on any atom is 0.257 e. The number of fused-ring (bicyclic) bond motifs is 1. The van der Waals surface area contributed by atoms with Crippen molar-refractivity contribution < 1.29 is 9.90 Å². The average Bonchev–Trinajstić information content (AvgIpc) is 3.15. The summed E-state index contributed by atoms with van der Waals surface area (Å²) >= 11 is 3.46. The van der Waals surface area contributed by atoms with Crippen LogP contribution in [0.1, 0.15) is 30.8 Å². The topological polar surface area (TPSA) is 105 Å². The summed E-state index contributed by atoms with van der Waals surface area (Å²) < 4.78 is 2.68. The number of nitrogens with zero attached hydrogens (tertiary/aromatic N) is 4. The summed E-state index contributed by atoms with van der Waals surface area (Å²) in [5, 5.41) is 19.8. The van der Waals surface area contributed by atoms with Crippen LogP contribution in [0.25, 0.3) is 0 Å². The number of carbonyl (C=O) groups is 1. The summed E-state index contributed by atoms with van der Waals surface area (Å²) in [7, 11) is 0. The molecule has 3 N–H and O–H groups in total. The van der Waals surface area contributed by atoms with Crippen molar-refractivity contribution in [1.82, 2.24) is 19.7 Å². The van der Waals surface area contributed by atoms with E-state index < -0.39 is 6.04 Å². The van der Waals surface area contributed by atoms with Gasteiger partial charge in [0.1, 0.15) is 11.9 Å². The lowest BCUT2D eigenvalue weighted by atomic mass is 9.95. The van der Waals surface area contributed by atoms with Gasteiger partial charge in [-0.15, -0.1) is 0 Å². The number of hydrogen-bond donors (Lipinski definition) is 3. The molecule has 4 rings (SSSR count). The van der Waals surface area contributed by atoms with Crippen LogP contribution >= 0.6 is 15.9 Å². The van der Waals surface area contributed by atoms with Crippen molar-refractivity contribution in [2.45, 2.75) is 25.8 Å².